The third-order valence-corrected chi connectivity index (χ3v) is 5.17. The van der Waals surface area contributed by atoms with E-state index in [0.717, 1.165) is 12.0 Å². The molecule has 0 aliphatic heterocycles. The van der Waals surface area contributed by atoms with Gasteiger partial charge in [-0.1, -0.05) is 42.5 Å². The van der Waals surface area contributed by atoms with Crippen molar-refractivity contribution >= 4 is 6.03 Å². The minimum absolute atomic E-state index is 0.0844. The minimum Gasteiger partial charge on any atom is -0.508 e. The highest BCUT2D eigenvalue weighted by atomic mass is 16.3. The molecule has 2 aromatic carbocycles. The summed E-state index contributed by atoms with van der Waals surface area (Å²) in [4.78, 5) is 14.6. The van der Waals surface area contributed by atoms with Gasteiger partial charge in [-0.25, -0.2) is 4.79 Å². The van der Waals surface area contributed by atoms with E-state index >= 15 is 0 Å². The summed E-state index contributed by atoms with van der Waals surface area (Å²) < 4.78 is 0. The molecule has 2 aromatic rings. The van der Waals surface area contributed by atoms with Crippen LogP contribution in [0, 0.1) is 5.92 Å². The lowest BCUT2D eigenvalue weighted by atomic mass is 10.0. The molecular weight excluding hydrogens is 338 g/mol. The number of nitrogens with zero attached hydrogens (tertiary/aromatic N) is 1. The van der Waals surface area contributed by atoms with Gasteiger partial charge in [-0.05, 0) is 62.5 Å². The Bertz CT molecular complexity index is 727. The average Bonchev–Trinajstić information content (AvgIpc) is 3.50. The fourth-order valence-electron chi connectivity index (χ4n) is 3.31. The van der Waals surface area contributed by atoms with Gasteiger partial charge in [-0.15, -0.1) is 0 Å². The number of nitrogens with one attached hydrogen (secondary N) is 2. The molecule has 0 bridgehead atoms. The maximum atomic E-state index is 12.5. The van der Waals surface area contributed by atoms with Crippen LogP contribution in [0.1, 0.15) is 30.0 Å². The SMILES string of the molecule is CN(C)[C@@H](CNC(=O)N[C@H](c1ccccc1)C1CC1)Cc1ccc(O)cc1. The Morgan fingerprint density at radius 1 is 1.11 bits per heavy atom. The first kappa shape index (κ1) is 19.2. The predicted molar refractivity (Wildman–Crippen MR) is 108 cm³/mol. The summed E-state index contributed by atoms with van der Waals surface area (Å²) in [6.45, 7) is 0.561. The molecule has 1 aliphatic rings. The summed E-state index contributed by atoms with van der Waals surface area (Å²) in [7, 11) is 4.03. The van der Waals surface area contributed by atoms with E-state index in [1.807, 2.05) is 44.4 Å². The lowest BCUT2D eigenvalue weighted by Gasteiger charge is -2.26. The van der Waals surface area contributed by atoms with Crippen molar-refractivity contribution in [1.29, 1.82) is 0 Å². The lowest BCUT2D eigenvalue weighted by molar-refractivity contribution is 0.227. The number of phenolic OH excluding ortho intramolecular Hbond substituents is 1. The molecule has 1 fully saturated rings. The number of likely N-dealkylation sites (N-methyl/N-ethyl adjacent to an activating group) is 1. The van der Waals surface area contributed by atoms with Crippen LogP contribution in [0.2, 0.25) is 0 Å². The van der Waals surface area contributed by atoms with E-state index in [4.69, 9.17) is 0 Å². The second-order valence-electron chi connectivity index (χ2n) is 7.57. The second-order valence-corrected chi connectivity index (χ2v) is 7.57. The Morgan fingerprint density at radius 3 is 2.37 bits per heavy atom. The zero-order valence-electron chi connectivity index (χ0n) is 16.1. The number of hydrogen-bond donors (Lipinski definition) is 3. The lowest BCUT2D eigenvalue weighted by Crippen LogP contribution is -2.46. The number of urea groups is 1. The molecule has 5 nitrogen and oxygen atoms in total. The fraction of sp³-hybridized carbons (Fsp3) is 0.409. The molecule has 0 unspecified atom stereocenters. The average molecular weight is 367 g/mol. The van der Waals surface area contributed by atoms with Crippen LogP contribution in [0.25, 0.3) is 0 Å². The zero-order valence-corrected chi connectivity index (χ0v) is 16.1. The van der Waals surface area contributed by atoms with Crippen molar-refractivity contribution in [3.63, 3.8) is 0 Å². The van der Waals surface area contributed by atoms with Gasteiger partial charge in [0.1, 0.15) is 5.75 Å². The summed E-state index contributed by atoms with van der Waals surface area (Å²) in [5.74, 6) is 0.810. The summed E-state index contributed by atoms with van der Waals surface area (Å²) in [6, 6.07) is 17.6. The Labute approximate surface area is 161 Å². The molecule has 1 saturated carbocycles. The molecule has 1 aliphatic carbocycles. The molecule has 3 N–H and O–H groups in total. The van der Waals surface area contributed by atoms with E-state index in [1.165, 1.54) is 18.4 Å². The Balaban J connectivity index is 1.54. The number of aromatic hydroxyl groups is 1. The van der Waals surface area contributed by atoms with Gasteiger partial charge in [0.05, 0.1) is 6.04 Å². The summed E-state index contributed by atoms with van der Waals surface area (Å²) >= 11 is 0. The highest BCUT2D eigenvalue weighted by Crippen LogP contribution is 2.40. The van der Waals surface area contributed by atoms with Gasteiger partial charge in [0.15, 0.2) is 0 Å². The molecule has 0 saturated heterocycles. The molecule has 0 aromatic heterocycles. The number of benzene rings is 2. The molecule has 27 heavy (non-hydrogen) atoms. The standard InChI is InChI=1S/C22H29N3O2/c1-25(2)19(14-16-8-12-20(26)13-9-16)15-23-22(27)24-21(18-10-11-18)17-6-4-3-5-7-17/h3-9,12-13,18-19,21,26H,10-11,14-15H2,1-2H3,(H2,23,24,27)/t19-,21-/m1/s1. The Kier molecular flexibility index (Phi) is 6.35. The Hall–Kier alpha value is -2.53. The third-order valence-electron chi connectivity index (χ3n) is 5.17. The van der Waals surface area contributed by atoms with Crippen molar-refractivity contribution in [2.75, 3.05) is 20.6 Å². The maximum absolute atomic E-state index is 12.5. The molecule has 0 heterocycles. The number of phenols is 1. The normalized spacial score (nSPS) is 16.0. The quantitative estimate of drug-likeness (QED) is 0.671. The van der Waals surface area contributed by atoms with E-state index in [2.05, 4.69) is 27.7 Å². The number of rotatable bonds is 8. The minimum atomic E-state index is -0.117. The molecule has 2 amide bonds. The van der Waals surface area contributed by atoms with Gasteiger partial charge in [0.25, 0.3) is 0 Å². The number of carbonyl (C=O) groups is 1. The highest BCUT2D eigenvalue weighted by Gasteiger charge is 2.33. The van der Waals surface area contributed by atoms with Crippen LogP contribution >= 0.6 is 0 Å². The van der Waals surface area contributed by atoms with Crippen molar-refractivity contribution in [1.82, 2.24) is 15.5 Å². The Morgan fingerprint density at radius 2 is 1.78 bits per heavy atom. The predicted octanol–water partition coefficient (Wildman–Crippen LogP) is 3.32. The van der Waals surface area contributed by atoms with Crippen LogP contribution in [-0.2, 0) is 6.42 Å². The first-order chi connectivity index (χ1) is 13.0. The number of amides is 2. The summed E-state index contributed by atoms with van der Waals surface area (Å²) in [6.07, 6.45) is 3.14. The van der Waals surface area contributed by atoms with Gasteiger partial charge < -0.3 is 20.6 Å². The van der Waals surface area contributed by atoms with Crippen molar-refractivity contribution in [3.8, 4) is 5.75 Å². The molecule has 144 valence electrons. The van der Waals surface area contributed by atoms with E-state index < -0.39 is 0 Å². The van der Waals surface area contributed by atoms with Gasteiger partial charge in [-0.3, -0.25) is 0 Å². The molecule has 0 spiro atoms. The third kappa shape index (κ3) is 5.73. The molecule has 3 rings (SSSR count). The van der Waals surface area contributed by atoms with Gasteiger partial charge in [0.2, 0.25) is 0 Å². The molecular formula is C22H29N3O2. The zero-order chi connectivity index (χ0) is 19.2. The monoisotopic (exact) mass is 367 g/mol. The number of carbonyl (C=O) groups excluding carboxylic acids is 1. The first-order valence-electron chi connectivity index (χ1n) is 9.56. The molecule has 0 radical (unpaired) electrons. The van der Waals surface area contributed by atoms with E-state index in [9.17, 15) is 9.90 Å². The molecule has 2 atom stereocenters. The first-order valence-corrected chi connectivity index (χ1v) is 9.56. The second kappa shape index (κ2) is 8.91. The van der Waals surface area contributed by atoms with Crippen molar-refractivity contribution in [3.05, 3.63) is 65.7 Å². The highest BCUT2D eigenvalue weighted by molar-refractivity contribution is 5.74. The van der Waals surface area contributed by atoms with Crippen molar-refractivity contribution in [2.45, 2.75) is 31.3 Å². The topological polar surface area (TPSA) is 64.6 Å². The van der Waals surface area contributed by atoms with Gasteiger partial charge in [-0.2, -0.15) is 0 Å². The van der Waals surface area contributed by atoms with Crippen LogP contribution < -0.4 is 10.6 Å². The fourth-order valence-corrected chi connectivity index (χ4v) is 3.31. The van der Waals surface area contributed by atoms with Crippen LogP contribution in [0.5, 0.6) is 5.75 Å². The maximum Gasteiger partial charge on any atom is 0.315 e. The van der Waals surface area contributed by atoms with Gasteiger partial charge in [0, 0.05) is 12.6 Å². The summed E-state index contributed by atoms with van der Waals surface area (Å²) in [5.41, 5.74) is 2.30. The van der Waals surface area contributed by atoms with Crippen LogP contribution in [0.15, 0.2) is 54.6 Å². The smallest absolute Gasteiger partial charge is 0.315 e. The van der Waals surface area contributed by atoms with E-state index in [-0.39, 0.29) is 23.9 Å². The van der Waals surface area contributed by atoms with Crippen LogP contribution in [-0.4, -0.2) is 42.7 Å². The van der Waals surface area contributed by atoms with E-state index in [1.54, 1.807) is 12.1 Å². The summed E-state index contributed by atoms with van der Waals surface area (Å²) in [5, 5.41) is 15.6. The van der Waals surface area contributed by atoms with Crippen molar-refractivity contribution in [2.24, 2.45) is 5.92 Å². The van der Waals surface area contributed by atoms with E-state index in [0.29, 0.717) is 12.5 Å². The van der Waals surface area contributed by atoms with Crippen LogP contribution in [0.3, 0.4) is 0 Å². The van der Waals surface area contributed by atoms with Gasteiger partial charge >= 0.3 is 6.03 Å². The molecule has 5 heteroatoms. The number of hydrogen-bond acceptors (Lipinski definition) is 3. The largest absolute Gasteiger partial charge is 0.508 e. The van der Waals surface area contributed by atoms with Crippen LogP contribution in [0.4, 0.5) is 4.79 Å². The van der Waals surface area contributed by atoms with Crippen molar-refractivity contribution < 1.29 is 9.90 Å².